The molecule has 3 N–H and O–H groups in total. The summed E-state index contributed by atoms with van der Waals surface area (Å²) in [6.07, 6.45) is 0.490. The second kappa shape index (κ2) is 2.80. The highest BCUT2D eigenvalue weighted by molar-refractivity contribution is 4.84. The third kappa shape index (κ3) is 1.44. The Morgan fingerprint density at radius 1 is 1.60 bits per heavy atom. The van der Waals surface area contributed by atoms with E-state index in [-0.39, 0.29) is 13.1 Å². The summed E-state index contributed by atoms with van der Waals surface area (Å²) in [6, 6.07) is 0. The molecule has 4 heteroatoms. The van der Waals surface area contributed by atoms with E-state index < -0.39 is 11.8 Å². The predicted molar refractivity (Wildman–Crippen MR) is 35.0 cm³/mol. The first kappa shape index (κ1) is 7.88. The van der Waals surface area contributed by atoms with Gasteiger partial charge in [-0.2, -0.15) is 0 Å². The largest absolute Gasteiger partial charge is 0.330 e. The van der Waals surface area contributed by atoms with E-state index in [2.05, 4.69) is 5.32 Å². The van der Waals surface area contributed by atoms with Crippen LogP contribution in [0.25, 0.3) is 0 Å². The van der Waals surface area contributed by atoms with Gasteiger partial charge < -0.3 is 11.1 Å². The van der Waals surface area contributed by atoms with Gasteiger partial charge in [-0.3, -0.25) is 0 Å². The molecule has 1 unspecified atom stereocenters. The lowest BCUT2D eigenvalue weighted by Gasteiger charge is -2.30. The Morgan fingerprint density at radius 3 is 2.70 bits per heavy atom. The van der Waals surface area contributed by atoms with Crippen LogP contribution in [0, 0.1) is 5.92 Å². The minimum atomic E-state index is -2.59. The molecule has 2 nitrogen and oxygen atoms in total. The number of rotatable bonds is 1. The molecule has 0 aromatic rings. The van der Waals surface area contributed by atoms with E-state index in [9.17, 15) is 8.78 Å². The van der Waals surface area contributed by atoms with Gasteiger partial charge in [-0.1, -0.05) is 0 Å². The van der Waals surface area contributed by atoms with Crippen LogP contribution in [0.1, 0.15) is 6.42 Å². The lowest BCUT2D eigenvalue weighted by Crippen LogP contribution is -2.48. The summed E-state index contributed by atoms with van der Waals surface area (Å²) in [5, 5.41) is 2.63. The zero-order valence-corrected chi connectivity index (χ0v) is 5.74. The van der Waals surface area contributed by atoms with Gasteiger partial charge in [0.25, 0.3) is 5.92 Å². The van der Waals surface area contributed by atoms with Crippen LogP contribution < -0.4 is 11.1 Å². The highest BCUT2D eigenvalue weighted by Gasteiger charge is 2.40. The Bertz CT molecular complexity index is 116. The number of nitrogens with two attached hydrogens (primary N) is 1. The van der Waals surface area contributed by atoms with Crippen molar-refractivity contribution in [2.45, 2.75) is 12.3 Å². The normalized spacial score (nSPS) is 32.1. The maximum atomic E-state index is 12.7. The van der Waals surface area contributed by atoms with Crippen molar-refractivity contribution in [3.05, 3.63) is 0 Å². The molecule has 1 aliphatic rings. The Hall–Kier alpha value is -0.220. The summed E-state index contributed by atoms with van der Waals surface area (Å²) in [4.78, 5) is 0. The van der Waals surface area contributed by atoms with Crippen LogP contribution in [0.15, 0.2) is 0 Å². The Labute approximate surface area is 58.8 Å². The van der Waals surface area contributed by atoms with E-state index in [4.69, 9.17) is 5.73 Å². The van der Waals surface area contributed by atoms with Crippen molar-refractivity contribution in [2.75, 3.05) is 19.6 Å². The molecule has 60 valence electrons. The molecule has 1 heterocycles. The molecule has 1 atom stereocenters. The van der Waals surface area contributed by atoms with Crippen molar-refractivity contribution in [3.8, 4) is 0 Å². The van der Waals surface area contributed by atoms with Crippen molar-refractivity contribution in [2.24, 2.45) is 11.7 Å². The predicted octanol–water partition coefficient (Wildman–Crippen LogP) is 0.190. The summed E-state index contributed by atoms with van der Waals surface area (Å²) < 4.78 is 25.5. The maximum Gasteiger partial charge on any atom is 0.264 e. The van der Waals surface area contributed by atoms with Crippen LogP contribution in [0.2, 0.25) is 0 Å². The average Bonchev–Trinajstić information content (AvgIpc) is 1.87. The molecular formula is C6H12F2N2. The quantitative estimate of drug-likeness (QED) is 0.560. The van der Waals surface area contributed by atoms with Gasteiger partial charge in [-0.25, -0.2) is 8.78 Å². The molecular weight excluding hydrogens is 138 g/mol. The number of hydrogen-bond acceptors (Lipinski definition) is 2. The van der Waals surface area contributed by atoms with E-state index in [0.717, 1.165) is 0 Å². The highest BCUT2D eigenvalue weighted by atomic mass is 19.3. The van der Waals surface area contributed by atoms with E-state index >= 15 is 0 Å². The van der Waals surface area contributed by atoms with Gasteiger partial charge in [0.15, 0.2) is 0 Å². The molecule has 0 bridgehead atoms. The SMILES string of the molecule is NCC1CCNCC1(F)F. The lowest BCUT2D eigenvalue weighted by molar-refractivity contribution is -0.0692. The summed E-state index contributed by atoms with van der Waals surface area (Å²) in [5.41, 5.74) is 5.17. The lowest BCUT2D eigenvalue weighted by atomic mass is 9.94. The molecule has 0 radical (unpaired) electrons. The number of alkyl halides is 2. The van der Waals surface area contributed by atoms with Crippen molar-refractivity contribution >= 4 is 0 Å². The second-order valence-electron chi connectivity index (χ2n) is 2.66. The molecule has 0 aromatic carbocycles. The highest BCUT2D eigenvalue weighted by Crippen LogP contribution is 2.27. The topological polar surface area (TPSA) is 38.0 Å². The van der Waals surface area contributed by atoms with E-state index in [1.54, 1.807) is 0 Å². The Morgan fingerprint density at radius 2 is 2.30 bits per heavy atom. The fraction of sp³-hybridized carbons (Fsp3) is 1.00. The van der Waals surface area contributed by atoms with Crippen LogP contribution in [-0.2, 0) is 0 Å². The zero-order valence-electron chi connectivity index (χ0n) is 5.74. The van der Waals surface area contributed by atoms with Gasteiger partial charge in [0.2, 0.25) is 0 Å². The maximum absolute atomic E-state index is 12.7. The molecule has 1 fully saturated rings. The first-order chi connectivity index (χ1) is 4.67. The van der Waals surface area contributed by atoms with Crippen LogP contribution in [0.3, 0.4) is 0 Å². The molecule has 0 saturated carbocycles. The second-order valence-corrected chi connectivity index (χ2v) is 2.66. The molecule has 0 amide bonds. The molecule has 1 aliphatic heterocycles. The number of halogens is 2. The molecule has 0 aliphatic carbocycles. The minimum absolute atomic E-state index is 0.0919. The summed E-state index contributed by atoms with van der Waals surface area (Å²) in [6.45, 7) is 0.543. The Balaban J connectivity index is 2.51. The molecule has 1 saturated heterocycles. The summed E-state index contributed by atoms with van der Waals surface area (Å²) in [5.74, 6) is -3.21. The van der Waals surface area contributed by atoms with E-state index in [1.807, 2.05) is 0 Å². The van der Waals surface area contributed by atoms with Crippen molar-refractivity contribution < 1.29 is 8.78 Å². The minimum Gasteiger partial charge on any atom is -0.330 e. The molecule has 10 heavy (non-hydrogen) atoms. The van der Waals surface area contributed by atoms with E-state index in [1.165, 1.54) is 0 Å². The van der Waals surface area contributed by atoms with Crippen LogP contribution in [-0.4, -0.2) is 25.6 Å². The van der Waals surface area contributed by atoms with Gasteiger partial charge in [0.1, 0.15) is 0 Å². The third-order valence-electron chi connectivity index (χ3n) is 1.91. The zero-order chi connectivity index (χ0) is 7.61. The van der Waals surface area contributed by atoms with Gasteiger partial charge in [0, 0.05) is 12.5 Å². The molecule has 0 spiro atoms. The van der Waals surface area contributed by atoms with Gasteiger partial charge in [-0.15, -0.1) is 0 Å². The smallest absolute Gasteiger partial charge is 0.264 e. The molecule has 1 rings (SSSR count). The summed E-state index contributed by atoms with van der Waals surface area (Å²) in [7, 11) is 0. The van der Waals surface area contributed by atoms with Crippen molar-refractivity contribution in [1.82, 2.24) is 5.32 Å². The summed E-state index contributed by atoms with van der Waals surface area (Å²) >= 11 is 0. The van der Waals surface area contributed by atoms with Gasteiger partial charge >= 0.3 is 0 Å². The Kier molecular flexibility index (Phi) is 2.21. The standard InChI is InChI=1S/C6H12F2N2/c7-6(8)4-10-2-1-5(6)3-9/h5,10H,1-4,9H2. The van der Waals surface area contributed by atoms with Crippen molar-refractivity contribution in [1.29, 1.82) is 0 Å². The molecule has 0 aromatic heterocycles. The number of hydrogen-bond donors (Lipinski definition) is 2. The monoisotopic (exact) mass is 150 g/mol. The third-order valence-corrected chi connectivity index (χ3v) is 1.91. The average molecular weight is 150 g/mol. The number of nitrogens with one attached hydrogen (secondary N) is 1. The van der Waals surface area contributed by atoms with Gasteiger partial charge in [-0.05, 0) is 13.0 Å². The van der Waals surface area contributed by atoms with Crippen LogP contribution in [0.5, 0.6) is 0 Å². The number of piperidine rings is 1. The van der Waals surface area contributed by atoms with Crippen LogP contribution >= 0.6 is 0 Å². The fourth-order valence-electron chi connectivity index (χ4n) is 1.18. The first-order valence-electron chi connectivity index (χ1n) is 3.45. The van der Waals surface area contributed by atoms with Crippen LogP contribution in [0.4, 0.5) is 8.78 Å². The fourth-order valence-corrected chi connectivity index (χ4v) is 1.18. The van der Waals surface area contributed by atoms with E-state index in [0.29, 0.717) is 13.0 Å². The van der Waals surface area contributed by atoms with Gasteiger partial charge in [0.05, 0.1) is 6.54 Å². The first-order valence-corrected chi connectivity index (χ1v) is 3.45. The van der Waals surface area contributed by atoms with Crippen molar-refractivity contribution in [3.63, 3.8) is 0 Å².